The van der Waals surface area contributed by atoms with Crippen molar-refractivity contribution in [2.45, 2.75) is 123 Å². The Balaban J connectivity index is 1.66. The number of thiophene rings is 2. The van der Waals surface area contributed by atoms with Gasteiger partial charge in [0.15, 0.2) is 12.6 Å². The van der Waals surface area contributed by atoms with Gasteiger partial charge in [0.05, 0.1) is 30.2 Å². The molecule has 3 aromatic heterocycles. The topological polar surface area (TPSA) is 39.1 Å². The summed E-state index contributed by atoms with van der Waals surface area (Å²) in [7, 11) is 0. The molecule has 1 unspecified atom stereocenters. The summed E-state index contributed by atoms with van der Waals surface area (Å²) >= 11 is 3.13. The zero-order chi connectivity index (χ0) is 24.9. The van der Waals surface area contributed by atoms with E-state index in [-0.39, 0.29) is 0 Å². The molecule has 3 rings (SSSR count). The van der Waals surface area contributed by atoms with Gasteiger partial charge < -0.3 is 4.57 Å². The van der Waals surface area contributed by atoms with Crippen LogP contribution in [0.4, 0.5) is 0 Å². The lowest BCUT2D eigenvalue weighted by atomic mass is 9.93. The highest BCUT2D eigenvalue weighted by atomic mass is 32.1. The van der Waals surface area contributed by atoms with Gasteiger partial charge in [0.2, 0.25) is 0 Å². The number of aromatic nitrogens is 1. The number of carbonyl (C=O) groups excluding carboxylic acids is 2. The zero-order valence-corrected chi connectivity index (χ0v) is 23.6. The van der Waals surface area contributed by atoms with Crippen molar-refractivity contribution < 1.29 is 9.59 Å². The Kier molecular flexibility index (Phi) is 12.5. The minimum atomic E-state index is 0.652. The Hall–Kier alpha value is -1.46. The largest absolute Gasteiger partial charge is 0.339 e. The second kappa shape index (κ2) is 15.6. The lowest BCUT2D eigenvalue weighted by molar-refractivity contribution is 0.111. The number of unbranched alkanes of at least 4 members (excludes halogenated alkanes) is 12. The third-order valence-corrected chi connectivity index (χ3v) is 9.62. The molecule has 0 bridgehead atoms. The first-order valence-electron chi connectivity index (χ1n) is 14.2. The van der Waals surface area contributed by atoms with Crippen LogP contribution in [0.1, 0.15) is 136 Å². The summed E-state index contributed by atoms with van der Waals surface area (Å²) in [6, 6.07) is 4.11. The van der Waals surface area contributed by atoms with Crippen LogP contribution in [0.2, 0.25) is 0 Å². The Morgan fingerprint density at radius 3 is 1.46 bits per heavy atom. The number of aldehydes is 2. The fourth-order valence-electron chi connectivity index (χ4n) is 5.33. The monoisotopic (exact) mass is 515 g/mol. The Morgan fingerprint density at radius 1 is 0.657 bits per heavy atom. The van der Waals surface area contributed by atoms with Crippen LogP contribution in [0, 0.1) is 5.92 Å². The van der Waals surface area contributed by atoms with Crippen molar-refractivity contribution in [3.63, 3.8) is 0 Å². The van der Waals surface area contributed by atoms with E-state index in [1.165, 1.54) is 123 Å². The molecule has 0 aliphatic rings. The van der Waals surface area contributed by atoms with Gasteiger partial charge in [-0.15, -0.1) is 22.7 Å². The van der Waals surface area contributed by atoms with Crippen molar-refractivity contribution in [3.8, 4) is 0 Å². The fraction of sp³-hybridized carbons (Fsp3) is 0.667. The highest BCUT2D eigenvalue weighted by Gasteiger charge is 2.20. The maximum absolute atomic E-state index is 11.5. The molecule has 0 saturated carbocycles. The lowest BCUT2D eigenvalue weighted by Gasteiger charge is -2.19. The van der Waals surface area contributed by atoms with Crippen LogP contribution >= 0.6 is 22.7 Å². The van der Waals surface area contributed by atoms with E-state index < -0.39 is 0 Å². The quantitative estimate of drug-likeness (QED) is 0.111. The summed E-state index contributed by atoms with van der Waals surface area (Å²) in [5, 5.41) is 0. The molecule has 3 nitrogen and oxygen atoms in total. The van der Waals surface area contributed by atoms with Crippen LogP contribution < -0.4 is 0 Å². The molecule has 0 radical (unpaired) electrons. The van der Waals surface area contributed by atoms with E-state index in [1.54, 1.807) is 22.7 Å². The predicted molar refractivity (Wildman–Crippen MR) is 155 cm³/mol. The van der Waals surface area contributed by atoms with E-state index in [1.807, 2.05) is 0 Å². The van der Waals surface area contributed by atoms with Gasteiger partial charge in [-0.2, -0.15) is 0 Å². The van der Waals surface area contributed by atoms with Crippen molar-refractivity contribution in [1.29, 1.82) is 0 Å². The van der Waals surface area contributed by atoms with E-state index in [9.17, 15) is 9.59 Å². The van der Waals surface area contributed by atoms with E-state index in [0.29, 0.717) is 5.92 Å². The molecule has 0 N–H and O–H groups in total. The lowest BCUT2D eigenvalue weighted by Crippen LogP contribution is -2.11. The van der Waals surface area contributed by atoms with E-state index in [4.69, 9.17) is 0 Å². The third-order valence-electron chi connectivity index (χ3n) is 7.36. The van der Waals surface area contributed by atoms with Gasteiger partial charge in [0, 0.05) is 6.54 Å². The first-order valence-corrected chi connectivity index (χ1v) is 15.8. The van der Waals surface area contributed by atoms with E-state index in [0.717, 1.165) is 28.9 Å². The molecular formula is C30H45NO2S2. The number of nitrogens with zero attached hydrogens (tertiary/aromatic N) is 1. The van der Waals surface area contributed by atoms with Crippen molar-refractivity contribution in [2.24, 2.45) is 5.92 Å². The highest BCUT2D eigenvalue weighted by molar-refractivity contribution is 7.28. The molecule has 1 atom stereocenters. The summed E-state index contributed by atoms with van der Waals surface area (Å²) < 4.78 is 4.76. The van der Waals surface area contributed by atoms with Crippen LogP contribution in [0.15, 0.2) is 12.1 Å². The van der Waals surface area contributed by atoms with Crippen molar-refractivity contribution in [2.75, 3.05) is 0 Å². The predicted octanol–water partition coefficient (Wildman–Crippen LogP) is 10.4. The molecule has 194 valence electrons. The zero-order valence-electron chi connectivity index (χ0n) is 22.0. The van der Waals surface area contributed by atoms with Crippen LogP contribution in [0.5, 0.6) is 0 Å². The average molecular weight is 516 g/mol. The van der Waals surface area contributed by atoms with Gasteiger partial charge in [0.25, 0.3) is 0 Å². The molecule has 0 aliphatic carbocycles. The molecule has 0 aliphatic heterocycles. The molecular weight excluding hydrogens is 470 g/mol. The van der Waals surface area contributed by atoms with Gasteiger partial charge >= 0.3 is 0 Å². The summed E-state index contributed by atoms with van der Waals surface area (Å²) in [5.74, 6) is 0.652. The average Bonchev–Trinajstić information content (AvgIpc) is 3.55. The number of hydrogen-bond donors (Lipinski definition) is 0. The number of rotatable bonds is 20. The van der Waals surface area contributed by atoms with E-state index in [2.05, 4.69) is 30.5 Å². The van der Waals surface area contributed by atoms with E-state index >= 15 is 0 Å². The molecule has 3 aromatic rings. The van der Waals surface area contributed by atoms with Crippen LogP contribution in [-0.4, -0.2) is 17.1 Å². The third kappa shape index (κ3) is 8.28. The maximum atomic E-state index is 11.5. The number of fused-ring (bicyclic) bond motifs is 3. The fourth-order valence-corrected chi connectivity index (χ4v) is 7.43. The number of carbonyl (C=O) groups is 2. The van der Waals surface area contributed by atoms with Gasteiger partial charge in [-0.05, 0) is 30.9 Å². The smallest absolute Gasteiger partial charge is 0.160 e. The van der Waals surface area contributed by atoms with Gasteiger partial charge in [-0.3, -0.25) is 9.59 Å². The Labute approximate surface area is 220 Å². The minimum absolute atomic E-state index is 0.652. The molecule has 0 amide bonds. The van der Waals surface area contributed by atoms with Crippen LogP contribution in [-0.2, 0) is 6.54 Å². The summed E-state index contributed by atoms with van der Waals surface area (Å²) in [6.45, 7) is 5.55. The number of hydrogen-bond acceptors (Lipinski definition) is 4. The Bertz CT molecular complexity index is 968. The molecule has 35 heavy (non-hydrogen) atoms. The van der Waals surface area contributed by atoms with Crippen LogP contribution in [0.3, 0.4) is 0 Å². The first-order chi connectivity index (χ1) is 17.2. The van der Waals surface area contributed by atoms with Gasteiger partial charge in [0.1, 0.15) is 0 Å². The minimum Gasteiger partial charge on any atom is -0.339 e. The SMILES string of the molecule is CCCCCCCCCCC(CCCCCCCC)Cn1c2cc(C=O)sc2c2sc(C=O)cc21. The van der Waals surface area contributed by atoms with Gasteiger partial charge in [-0.25, -0.2) is 0 Å². The Morgan fingerprint density at radius 2 is 1.06 bits per heavy atom. The first kappa shape index (κ1) is 28.1. The molecule has 0 aromatic carbocycles. The highest BCUT2D eigenvalue weighted by Crippen LogP contribution is 2.40. The normalized spacial score (nSPS) is 12.6. The van der Waals surface area contributed by atoms with Crippen molar-refractivity contribution in [1.82, 2.24) is 4.57 Å². The summed E-state index contributed by atoms with van der Waals surface area (Å²) in [4.78, 5) is 24.5. The molecule has 0 spiro atoms. The van der Waals surface area contributed by atoms with Crippen LogP contribution in [0.25, 0.3) is 20.4 Å². The maximum Gasteiger partial charge on any atom is 0.160 e. The van der Waals surface area contributed by atoms with Gasteiger partial charge in [-0.1, -0.05) is 104 Å². The molecule has 5 heteroatoms. The second-order valence-corrected chi connectivity index (χ2v) is 12.4. The standard InChI is InChI=1S/C30H45NO2S2/c1-3-5-7-9-11-12-14-16-18-24(17-15-13-10-8-6-4-2)21-31-27-19-25(22-32)34-29(27)30-28(31)20-26(23-33)35-30/h19-20,22-24H,3-18,21H2,1-2H3. The summed E-state index contributed by atoms with van der Waals surface area (Å²) in [5.41, 5.74) is 2.36. The molecule has 0 fully saturated rings. The summed E-state index contributed by atoms with van der Waals surface area (Å²) in [6.07, 6.45) is 23.4. The molecule has 0 saturated heterocycles. The second-order valence-electron chi connectivity index (χ2n) is 10.3. The molecule has 3 heterocycles. The van der Waals surface area contributed by atoms with Crippen molar-refractivity contribution in [3.05, 3.63) is 21.9 Å². The van der Waals surface area contributed by atoms with Crippen molar-refractivity contribution >= 4 is 55.7 Å².